The molecule has 1 aliphatic rings. The number of piperidine rings is 1. The average molecular weight is 212 g/mol. The lowest BCUT2D eigenvalue weighted by molar-refractivity contribution is 0.253. The summed E-state index contributed by atoms with van der Waals surface area (Å²) in [6.45, 7) is 5.55. The van der Waals surface area contributed by atoms with Gasteiger partial charge < -0.3 is 10.6 Å². The van der Waals surface area contributed by atoms with Crippen molar-refractivity contribution in [2.45, 2.75) is 19.8 Å². The molecule has 1 saturated heterocycles. The molecule has 1 unspecified atom stereocenters. The van der Waals surface area contributed by atoms with Gasteiger partial charge in [0, 0.05) is 24.6 Å². The molecule has 2 rings (SSSR count). The van der Waals surface area contributed by atoms with Crippen molar-refractivity contribution in [3.05, 3.63) is 6.33 Å². The van der Waals surface area contributed by atoms with Gasteiger partial charge in [0.2, 0.25) is 5.13 Å². The summed E-state index contributed by atoms with van der Waals surface area (Å²) in [5, 5.41) is 7.70. The van der Waals surface area contributed by atoms with Crippen LogP contribution in [0.15, 0.2) is 6.33 Å². The molecule has 0 aliphatic carbocycles. The fourth-order valence-corrected chi connectivity index (χ4v) is 2.23. The predicted molar refractivity (Wildman–Crippen MR) is 58.6 cm³/mol. The maximum absolute atomic E-state index is 4.11. The third-order valence-corrected chi connectivity index (χ3v) is 3.34. The summed E-state index contributed by atoms with van der Waals surface area (Å²) in [7, 11) is 0. The van der Waals surface area contributed by atoms with Crippen LogP contribution in [0.4, 0.5) is 5.13 Å². The first-order valence-electron chi connectivity index (χ1n) is 5.00. The van der Waals surface area contributed by atoms with E-state index in [1.807, 2.05) is 0 Å². The summed E-state index contributed by atoms with van der Waals surface area (Å²) in [6, 6.07) is 0. The summed E-state index contributed by atoms with van der Waals surface area (Å²) >= 11 is 1.42. The van der Waals surface area contributed by atoms with Gasteiger partial charge in [0.15, 0.2) is 0 Å². The van der Waals surface area contributed by atoms with Gasteiger partial charge in [-0.15, -0.1) is 0 Å². The molecule has 0 aromatic carbocycles. The SMILES string of the molecule is CC1(CNc2ncns2)CCCNC1. The highest BCUT2D eigenvalue weighted by molar-refractivity contribution is 7.09. The van der Waals surface area contributed by atoms with Gasteiger partial charge in [-0.1, -0.05) is 6.92 Å². The average Bonchev–Trinajstić information content (AvgIpc) is 2.69. The largest absolute Gasteiger partial charge is 0.360 e. The molecule has 1 aromatic rings. The standard InChI is InChI=1S/C9H16N4S/c1-9(3-2-4-10-5-9)6-11-8-12-7-13-14-8/h7,10H,2-6H2,1H3,(H,11,12,13). The van der Waals surface area contributed by atoms with Crippen molar-refractivity contribution < 1.29 is 0 Å². The molecule has 0 spiro atoms. The molecule has 14 heavy (non-hydrogen) atoms. The minimum Gasteiger partial charge on any atom is -0.360 e. The Morgan fingerprint density at radius 1 is 1.71 bits per heavy atom. The number of anilines is 1. The normalized spacial score (nSPS) is 27.5. The van der Waals surface area contributed by atoms with Gasteiger partial charge in [0.1, 0.15) is 6.33 Å². The van der Waals surface area contributed by atoms with Gasteiger partial charge in [0.05, 0.1) is 0 Å². The van der Waals surface area contributed by atoms with Crippen LogP contribution in [0.1, 0.15) is 19.8 Å². The molecule has 5 heteroatoms. The first-order valence-corrected chi connectivity index (χ1v) is 5.77. The molecular formula is C9H16N4S. The van der Waals surface area contributed by atoms with E-state index in [0.717, 1.165) is 24.8 Å². The van der Waals surface area contributed by atoms with Crippen molar-refractivity contribution in [3.8, 4) is 0 Å². The summed E-state index contributed by atoms with van der Waals surface area (Å²) in [6.07, 6.45) is 4.15. The van der Waals surface area contributed by atoms with Gasteiger partial charge in [0.25, 0.3) is 0 Å². The molecule has 4 nitrogen and oxygen atoms in total. The summed E-state index contributed by atoms with van der Waals surface area (Å²) in [4.78, 5) is 4.11. The lowest BCUT2D eigenvalue weighted by Crippen LogP contribution is -2.42. The Balaban J connectivity index is 1.84. The van der Waals surface area contributed by atoms with E-state index in [0.29, 0.717) is 5.41 Å². The van der Waals surface area contributed by atoms with Gasteiger partial charge in [-0.25, -0.2) is 4.98 Å². The zero-order valence-corrected chi connectivity index (χ0v) is 9.23. The third-order valence-electron chi connectivity index (χ3n) is 2.71. The highest BCUT2D eigenvalue weighted by Gasteiger charge is 2.26. The topological polar surface area (TPSA) is 49.8 Å². The van der Waals surface area contributed by atoms with Gasteiger partial charge >= 0.3 is 0 Å². The van der Waals surface area contributed by atoms with Crippen molar-refractivity contribution in [3.63, 3.8) is 0 Å². The van der Waals surface area contributed by atoms with Crippen LogP contribution in [0, 0.1) is 5.41 Å². The molecule has 2 N–H and O–H groups in total. The van der Waals surface area contributed by atoms with Gasteiger partial charge in [-0.3, -0.25) is 0 Å². The molecule has 0 amide bonds. The van der Waals surface area contributed by atoms with Crippen molar-refractivity contribution >= 4 is 16.7 Å². The Kier molecular flexibility index (Phi) is 2.98. The van der Waals surface area contributed by atoms with Crippen LogP contribution in [0.3, 0.4) is 0 Å². The van der Waals surface area contributed by atoms with Crippen LogP contribution in [0.25, 0.3) is 0 Å². The Morgan fingerprint density at radius 3 is 3.29 bits per heavy atom. The smallest absolute Gasteiger partial charge is 0.202 e. The fourth-order valence-electron chi connectivity index (χ4n) is 1.81. The van der Waals surface area contributed by atoms with E-state index < -0.39 is 0 Å². The minimum absolute atomic E-state index is 0.365. The number of rotatable bonds is 3. The number of nitrogens with zero attached hydrogens (tertiary/aromatic N) is 2. The molecule has 78 valence electrons. The van der Waals surface area contributed by atoms with E-state index in [9.17, 15) is 0 Å². The Labute approximate surface area is 88.3 Å². The summed E-state index contributed by atoms with van der Waals surface area (Å²) < 4.78 is 3.96. The first kappa shape index (κ1) is 9.86. The highest BCUT2D eigenvalue weighted by atomic mass is 32.1. The molecule has 0 radical (unpaired) electrons. The van der Waals surface area contributed by atoms with Crippen LogP contribution < -0.4 is 10.6 Å². The Morgan fingerprint density at radius 2 is 2.64 bits per heavy atom. The second-order valence-corrected chi connectivity index (χ2v) is 4.97. The van der Waals surface area contributed by atoms with E-state index in [-0.39, 0.29) is 0 Å². The minimum atomic E-state index is 0.365. The maximum atomic E-state index is 4.11. The molecule has 1 aromatic heterocycles. The highest BCUT2D eigenvalue weighted by Crippen LogP contribution is 2.25. The van der Waals surface area contributed by atoms with E-state index in [1.54, 1.807) is 6.33 Å². The second kappa shape index (κ2) is 4.23. The predicted octanol–water partition coefficient (Wildman–Crippen LogP) is 1.34. The van der Waals surface area contributed by atoms with Crippen LogP contribution >= 0.6 is 11.5 Å². The first-order chi connectivity index (χ1) is 6.79. The van der Waals surface area contributed by atoms with Crippen LogP contribution in [0.2, 0.25) is 0 Å². The number of nitrogens with one attached hydrogen (secondary N) is 2. The van der Waals surface area contributed by atoms with Crippen LogP contribution in [-0.2, 0) is 0 Å². The zero-order chi connectivity index (χ0) is 9.86. The zero-order valence-electron chi connectivity index (χ0n) is 8.42. The maximum Gasteiger partial charge on any atom is 0.202 e. The Hall–Kier alpha value is -0.680. The molecule has 2 heterocycles. The van der Waals surface area contributed by atoms with Crippen molar-refractivity contribution in [2.24, 2.45) is 5.41 Å². The van der Waals surface area contributed by atoms with E-state index >= 15 is 0 Å². The molecule has 0 bridgehead atoms. The number of hydrogen-bond acceptors (Lipinski definition) is 5. The summed E-state index contributed by atoms with van der Waals surface area (Å²) in [5.41, 5.74) is 0.365. The van der Waals surface area contributed by atoms with Crippen LogP contribution in [0.5, 0.6) is 0 Å². The molecule has 1 atom stereocenters. The molecule has 0 saturated carbocycles. The number of aromatic nitrogens is 2. The lowest BCUT2D eigenvalue weighted by Gasteiger charge is -2.34. The van der Waals surface area contributed by atoms with E-state index in [2.05, 4.69) is 26.9 Å². The van der Waals surface area contributed by atoms with Crippen LogP contribution in [-0.4, -0.2) is 29.0 Å². The molecule has 1 fully saturated rings. The lowest BCUT2D eigenvalue weighted by atomic mass is 9.83. The fraction of sp³-hybridized carbons (Fsp3) is 0.778. The Bertz CT molecular complexity index is 266. The van der Waals surface area contributed by atoms with Crippen molar-refractivity contribution in [2.75, 3.05) is 25.0 Å². The summed E-state index contributed by atoms with van der Waals surface area (Å²) in [5.74, 6) is 0. The van der Waals surface area contributed by atoms with Crippen molar-refractivity contribution in [1.29, 1.82) is 0 Å². The monoisotopic (exact) mass is 212 g/mol. The number of hydrogen-bond donors (Lipinski definition) is 2. The van der Waals surface area contributed by atoms with Gasteiger partial charge in [-0.2, -0.15) is 4.37 Å². The van der Waals surface area contributed by atoms with E-state index in [4.69, 9.17) is 0 Å². The second-order valence-electron chi connectivity index (χ2n) is 4.19. The molecule has 1 aliphatic heterocycles. The quantitative estimate of drug-likeness (QED) is 0.794. The van der Waals surface area contributed by atoms with Crippen molar-refractivity contribution in [1.82, 2.24) is 14.7 Å². The third kappa shape index (κ3) is 2.42. The van der Waals surface area contributed by atoms with E-state index in [1.165, 1.54) is 24.4 Å². The van der Waals surface area contributed by atoms with Gasteiger partial charge in [-0.05, 0) is 24.8 Å². The molecular weight excluding hydrogens is 196 g/mol.